The molecule has 0 radical (unpaired) electrons. The number of nitrogens with zero attached hydrogens (tertiary/aromatic N) is 3. The van der Waals surface area contributed by atoms with E-state index in [-0.39, 0.29) is 12.3 Å². The molecule has 1 fully saturated rings. The largest absolute Gasteiger partial charge is 0.379 e. The number of carbonyl (C=O) groups excluding carboxylic acids is 1. The number of nitrogens with one attached hydrogen (secondary N) is 1. The fourth-order valence-corrected chi connectivity index (χ4v) is 4.17. The second-order valence-corrected chi connectivity index (χ2v) is 7.97. The highest BCUT2D eigenvalue weighted by Crippen LogP contribution is 2.25. The average molecular weight is 419 g/mol. The van der Waals surface area contributed by atoms with Crippen molar-refractivity contribution in [2.24, 2.45) is 0 Å². The molecule has 4 rings (SSSR count). The van der Waals surface area contributed by atoms with Crippen molar-refractivity contribution in [1.82, 2.24) is 9.88 Å². The van der Waals surface area contributed by atoms with Crippen molar-refractivity contribution in [3.05, 3.63) is 70.7 Å². The quantitative estimate of drug-likeness (QED) is 0.660. The van der Waals surface area contributed by atoms with Gasteiger partial charge in [0.2, 0.25) is 5.91 Å². The van der Waals surface area contributed by atoms with Crippen LogP contribution in [0.3, 0.4) is 0 Å². The van der Waals surface area contributed by atoms with Crippen LogP contribution in [0.15, 0.2) is 53.9 Å². The number of aromatic nitrogens is 1. The lowest BCUT2D eigenvalue weighted by molar-refractivity contribution is -0.115. The predicted molar refractivity (Wildman–Crippen MR) is 117 cm³/mol. The van der Waals surface area contributed by atoms with E-state index < -0.39 is 0 Å². The molecule has 152 valence electrons. The monoisotopic (exact) mass is 418 g/mol. The molecule has 0 aliphatic carbocycles. The van der Waals surface area contributed by atoms with Crippen molar-refractivity contribution >= 4 is 22.9 Å². The van der Waals surface area contributed by atoms with E-state index in [9.17, 15) is 4.79 Å². The standard InChI is InChI=1S/C23H22N4O2S/c24-14-19-3-1-2-4-21(19)26-22(28)13-20-16-30-23(25-20)18-7-5-17(6-8-18)15-27-9-11-29-12-10-27/h1-8,16H,9-13,15H2,(H,26,28). The summed E-state index contributed by atoms with van der Waals surface area (Å²) in [6.45, 7) is 4.47. The molecule has 1 aliphatic heterocycles. The van der Waals surface area contributed by atoms with Crippen molar-refractivity contribution < 1.29 is 9.53 Å². The van der Waals surface area contributed by atoms with E-state index in [2.05, 4.69) is 45.5 Å². The first kappa shape index (κ1) is 20.2. The van der Waals surface area contributed by atoms with Crippen LogP contribution in [0.2, 0.25) is 0 Å². The van der Waals surface area contributed by atoms with Crippen LogP contribution in [0.4, 0.5) is 5.69 Å². The summed E-state index contributed by atoms with van der Waals surface area (Å²) in [7, 11) is 0. The Labute approximate surface area is 179 Å². The number of rotatable bonds is 6. The van der Waals surface area contributed by atoms with Gasteiger partial charge in [-0.2, -0.15) is 5.26 Å². The van der Waals surface area contributed by atoms with Crippen LogP contribution in [0.5, 0.6) is 0 Å². The SMILES string of the molecule is N#Cc1ccccc1NC(=O)Cc1csc(-c2ccc(CN3CCOCC3)cc2)n1. The molecule has 1 N–H and O–H groups in total. The summed E-state index contributed by atoms with van der Waals surface area (Å²) >= 11 is 1.53. The van der Waals surface area contributed by atoms with Crippen LogP contribution in [0.25, 0.3) is 10.6 Å². The van der Waals surface area contributed by atoms with Crippen LogP contribution in [0.1, 0.15) is 16.8 Å². The summed E-state index contributed by atoms with van der Waals surface area (Å²) in [4.78, 5) is 19.4. The molecule has 0 bridgehead atoms. The molecular weight excluding hydrogens is 396 g/mol. The second kappa shape index (κ2) is 9.63. The first-order valence-electron chi connectivity index (χ1n) is 9.84. The third-order valence-corrected chi connectivity index (χ3v) is 5.87. The van der Waals surface area contributed by atoms with E-state index >= 15 is 0 Å². The minimum absolute atomic E-state index is 0.172. The highest BCUT2D eigenvalue weighted by molar-refractivity contribution is 7.13. The van der Waals surface area contributed by atoms with Gasteiger partial charge < -0.3 is 10.1 Å². The maximum Gasteiger partial charge on any atom is 0.230 e. The molecule has 6 nitrogen and oxygen atoms in total. The number of para-hydroxylation sites is 1. The van der Waals surface area contributed by atoms with Gasteiger partial charge >= 0.3 is 0 Å². The number of amides is 1. The maximum absolute atomic E-state index is 12.4. The molecule has 1 saturated heterocycles. The van der Waals surface area contributed by atoms with Gasteiger partial charge in [-0.05, 0) is 17.7 Å². The normalized spacial score (nSPS) is 14.2. The van der Waals surface area contributed by atoms with E-state index in [1.165, 1.54) is 16.9 Å². The van der Waals surface area contributed by atoms with E-state index in [1.807, 2.05) is 5.38 Å². The number of morpholine rings is 1. The van der Waals surface area contributed by atoms with Crippen LogP contribution < -0.4 is 5.32 Å². The zero-order valence-corrected chi connectivity index (χ0v) is 17.3. The van der Waals surface area contributed by atoms with Gasteiger partial charge in [0.25, 0.3) is 0 Å². The Kier molecular flexibility index (Phi) is 6.50. The number of anilines is 1. The second-order valence-electron chi connectivity index (χ2n) is 7.11. The number of hydrogen-bond acceptors (Lipinski definition) is 6. The summed E-state index contributed by atoms with van der Waals surface area (Å²) in [5.41, 5.74) is 4.01. The van der Waals surface area contributed by atoms with E-state index in [1.54, 1.807) is 24.3 Å². The smallest absolute Gasteiger partial charge is 0.230 e. The number of benzene rings is 2. The molecule has 2 heterocycles. The highest BCUT2D eigenvalue weighted by atomic mass is 32.1. The molecule has 0 atom stereocenters. The summed E-state index contributed by atoms with van der Waals surface area (Å²) in [6, 6.07) is 17.5. The topological polar surface area (TPSA) is 78.2 Å². The summed E-state index contributed by atoms with van der Waals surface area (Å²) < 4.78 is 5.40. The fraction of sp³-hybridized carbons (Fsp3) is 0.261. The number of thiazole rings is 1. The fourth-order valence-electron chi connectivity index (χ4n) is 3.34. The molecule has 1 aromatic heterocycles. The Bertz CT molecular complexity index is 1050. The van der Waals surface area contributed by atoms with E-state index in [4.69, 9.17) is 10.00 Å². The maximum atomic E-state index is 12.4. The Morgan fingerprint density at radius 2 is 1.93 bits per heavy atom. The molecule has 0 saturated carbocycles. The van der Waals surface area contributed by atoms with E-state index in [0.717, 1.165) is 49.1 Å². The average Bonchev–Trinajstić information content (AvgIpc) is 3.23. The zero-order valence-electron chi connectivity index (χ0n) is 16.5. The van der Waals surface area contributed by atoms with Gasteiger partial charge in [0.05, 0.1) is 36.6 Å². The lowest BCUT2D eigenvalue weighted by atomic mass is 10.1. The summed E-state index contributed by atoms with van der Waals surface area (Å²) in [5, 5.41) is 14.7. The number of hydrogen-bond donors (Lipinski definition) is 1. The number of nitriles is 1. The molecule has 0 unspecified atom stereocenters. The predicted octanol–water partition coefficient (Wildman–Crippen LogP) is 3.70. The molecule has 2 aromatic carbocycles. The molecular formula is C23H22N4O2S. The molecule has 7 heteroatoms. The Morgan fingerprint density at radius 1 is 1.17 bits per heavy atom. The summed E-state index contributed by atoms with van der Waals surface area (Å²) in [6.07, 6.45) is 0.172. The lowest BCUT2D eigenvalue weighted by Crippen LogP contribution is -2.35. The zero-order chi connectivity index (χ0) is 20.8. The minimum atomic E-state index is -0.185. The first-order valence-corrected chi connectivity index (χ1v) is 10.7. The molecule has 0 spiro atoms. The highest BCUT2D eigenvalue weighted by Gasteiger charge is 2.13. The van der Waals surface area contributed by atoms with Gasteiger partial charge in [-0.15, -0.1) is 11.3 Å². The third kappa shape index (κ3) is 5.10. The van der Waals surface area contributed by atoms with Gasteiger partial charge in [0.1, 0.15) is 11.1 Å². The van der Waals surface area contributed by atoms with Crippen molar-refractivity contribution in [1.29, 1.82) is 5.26 Å². The van der Waals surface area contributed by atoms with Crippen LogP contribution in [-0.4, -0.2) is 42.1 Å². The Morgan fingerprint density at radius 3 is 2.70 bits per heavy atom. The van der Waals surface area contributed by atoms with Crippen molar-refractivity contribution in [3.63, 3.8) is 0 Å². The molecule has 3 aromatic rings. The lowest BCUT2D eigenvalue weighted by Gasteiger charge is -2.26. The van der Waals surface area contributed by atoms with Gasteiger partial charge in [-0.1, -0.05) is 36.4 Å². The van der Waals surface area contributed by atoms with Crippen LogP contribution in [0, 0.1) is 11.3 Å². The van der Waals surface area contributed by atoms with Gasteiger partial charge in [-0.3, -0.25) is 9.69 Å². The van der Waals surface area contributed by atoms with Crippen molar-refractivity contribution in [2.75, 3.05) is 31.6 Å². The minimum Gasteiger partial charge on any atom is -0.379 e. The third-order valence-electron chi connectivity index (χ3n) is 4.93. The molecule has 30 heavy (non-hydrogen) atoms. The van der Waals surface area contributed by atoms with E-state index in [0.29, 0.717) is 11.3 Å². The number of carbonyl (C=O) groups is 1. The van der Waals surface area contributed by atoms with Crippen LogP contribution >= 0.6 is 11.3 Å². The van der Waals surface area contributed by atoms with Crippen molar-refractivity contribution in [3.8, 4) is 16.6 Å². The van der Waals surface area contributed by atoms with Crippen molar-refractivity contribution in [2.45, 2.75) is 13.0 Å². The van der Waals surface area contributed by atoms with Gasteiger partial charge in [-0.25, -0.2) is 4.98 Å². The Hall–Kier alpha value is -3.05. The molecule has 1 aliphatic rings. The molecule has 1 amide bonds. The first-order chi connectivity index (χ1) is 14.7. The number of ether oxygens (including phenoxy) is 1. The van der Waals surface area contributed by atoms with Gasteiger partial charge in [0, 0.05) is 30.6 Å². The summed E-state index contributed by atoms with van der Waals surface area (Å²) in [5.74, 6) is -0.185. The van der Waals surface area contributed by atoms with Gasteiger partial charge in [0.15, 0.2) is 0 Å². The van der Waals surface area contributed by atoms with Crippen LogP contribution in [-0.2, 0) is 22.5 Å². The Balaban J connectivity index is 1.36.